The Balaban J connectivity index is 1.88. The third kappa shape index (κ3) is 2.06. The van der Waals surface area contributed by atoms with Gasteiger partial charge in [0.25, 0.3) is 0 Å². The van der Waals surface area contributed by atoms with Crippen LogP contribution in [0.4, 0.5) is 11.4 Å². The fourth-order valence-corrected chi connectivity index (χ4v) is 2.87. The maximum Gasteiger partial charge on any atom is 0.123 e. The Morgan fingerprint density at radius 1 is 0.545 bits per heavy atom. The van der Waals surface area contributed by atoms with Crippen LogP contribution in [0.5, 0.6) is 5.75 Å². The number of nitrogens with one attached hydrogen (secondary N) is 1. The first-order valence-electron chi connectivity index (χ1n) is 7.28. The van der Waals surface area contributed by atoms with Gasteiger partial charge in [-0.25, -0.2) is 0 Å². The molecule has 0 radical (unpaired) electrons. The zero-order chi connectivity index (χ0) is 14.9. The van der Waals surface area contributed by atoms with E-state index in [-0.39, 0.29) is 0 Å². The lowest BCUT2D eigenvalue weighted by atomic mass is 10.1. The predicted octanol–water partition coefficient (Wildman–Crippen LogP) is 5.44. The van der Waals surface area contributed by atoms with E-state index in [1.807, 2.05) is 48.5 Å². The molecular formula is C20H15NO. The van der Waals surface area contributed by atoms with Gasteiger partial charge in [-0.3, -0.25) is 0 Å². The van der Waals surface area contributed by atoms with Crippen LogP contribution in [0.25, 0.3) is 21.5 Å². The van der Waals surface area contributed by atoms with Gasteiger partial charge in [0.1, 0.15) is 5.75 Å². The van der Waals surface area contributed by atoms with E-state index < -0.39 is 0 Å². The molecule has 4 aromatic rings. The molecule has 22 heavy (non-hydrogen) atoms. The van der Waals surface area contributed by atoms with Crippen molar-refractivity contribution in [1.82, 2.24) is 0 Å². The van der Waals surface area contributed by atoms with Crippen LogP contribution in [0.1, 0.15) is 0 Å². The number of phenols is 1. The SMILES string of the molecule is Oc1ccc(Nc2cccc3ccccc23)c2ccccc12. The number of benzene rings is 4. The molecule has 0 aliphatic rings. The van der Waals surface area contributed by atoms with Gasteiger partial charge in [-0.15, -0.1) is 0 Å². The van der Waals surface area contributed by atoms with E-state index in [0.29, 0.717) is 5.75 Å². The smallest absolute Gasteiger partial charge is 0.123 e. The lowest BCUT2D eigenvalue weighted by molar-refractivity contribution is 0.481. The average molecular weight is 285 g/mol. The lowest BCUT2D eigenvalue weighted by Gasteiger charge is -2.13. The number of aromatic hydroxyl groups is 1. The van der Waals surface area contributed by atoms with Gasteiger partial charge in [-0.05, 0) is 23.6 Å². The summed E-state index contributed by atoms with van der Waals surface area (Å²) in [7, 11) is 0. The second-order valence-electron chi connectivity index (χ2n) is 5.33. The zero-order valence-electron chi connectivity index (χ0n) is 12.0. The topological polar surface area (TPSA) is 32.3 Å². The lowest BCUT2D eigenvalue weighted by Crippen LogP contribution is -1.92. The summed E-state index contributed by atoms with van der Waals surface area (Å²) in [4.78, 5) is 0. The molecule has 0 aliphatic carbocycles. The van der Waals surface area contributed by atoms with Crippen LogP contribution in [0.15, 0.2) is 78.9 Å². The van der Waals surface area contributed by atoms with Crippen molar-refractivity contribution in [3.63, 3.8) is 0 Å². The first-order chi connectivity index (χ1) is 10.8. The van der Waals surface area contributed by atoms with Crippen molar-refractivity contribution in [1.29, 1.82) is 0 Å². The summed E-state index contributed by atoms with van der Waals surface area (Å²) in [5, 5.41) is 17.8. The van der Waals surface area contributed by atoms with Crippen molar-refractivity contribution in [3.05, 3.63) is 78.9 Å². The Morgan fingerprint density at radius 3 is 2.05 bits per heavy atom. The van der Waals surface area contributed by atoms with Crippen molar-refractivity contribution in [3.8, 4) is 5.75 Å². The first kappa shape index (κ1) is 12.7. The van der Waals surface area contributed by atoms with Crippen molar-refractivity contribution in [2.75, 3.05) is 5.32 Å². The minimum absolute atomic E-state index is 0.305. The number of phenolic OH excluding ortho intramolecular Hbond substituents is 1. The number of anilines is 2. The van der Waals surface area contributed by atoms with Gasteiger partial charge < -0.3 is 10.4 Å². The number of hydrogen-bond acceptors (Lipinski definition) is 2. The van der Waals surface area contributed by atoms with E-state index in [4.69, 9.17) is 0 Å². The summed E-state index contributed by atoms with van der Waals surface area (Å²) in [6, 6.07) is 26.0. The monoisotopic (exact) mass is 285 g/mol. The van der Waals surface area contributed by atoms with Crippen molar-refractivity contribution in [2.45, 2.75) is 0 Å². The first-order valence-corrected chi connectivity index (χ1v) is 7.28. The Morgan fingerprint density at radius 2 is 1.18 bits per heavy atom. The van der Waals surface area contributed by atoms with Crippen LogP contribution in [0.2, 0.25) is 0 Å². The van der Waals surface area contributed by atoms with Crippen LogP contribution in [-0.4, -0.2) is 5.11 Å². The molecule has 2 heteroatoms. The fraction of sp³-hybridized carbons (Fsp3) is 0. The minimum Gasteiger partial charge on any atom is -0.507 e. The second kappa shape index (κ2) is 5.08. The molecule has 0 unspecified atom stereocenters. The van der Waals surface area contributed by atoms with E-state index in [1.54, 1.807) is 6.07 Å². The largest absolute Gasteiger partial charge is 0.507 e. The molecule has 0 heterocycles. The second-order valence-corrected chi connectivity index (χ2v) is 5.33. The predicted molar refractivity (Wildman–Crippen MR) is 92.8 cm³/mol. The summed E-state index contributed by atoms with van der Waals surface area (Å²) in [5.41, 5.74) is 2.05. The molecule has 0 saturated heterocycles. The number of rotatable bonds is 2. The molecule has 0 fully saturated rings. The van der Waals surface area contributed by atoms with Gasteiger partial charge in [0, 0.05) is 27.5 Å². The van der Waals surface area contributed by atoms with E-state index in [1.165, 1.54) is 10.8 Å². The quantitative estimate of drug-likeness (QED) is 0.480. The van der Waals surface area contributed by atoms with Gasteiger partial charge in [0.05, 0.1) is 0 Å². The number of hydrogen-bond donors (Lipinski definition) is 2. The summed E-state index contributed by atoms with van der Waals surface area (Å²) >= 11 is 0. The van der Waals surface area contributed by atoms with Crippen LogP contribution in [0.3, 0.4) is 0 Å². The molecule has 0 spiro atoms. The molecule has 2 nitrogen and oxygen atoms in total. The molecule has 0 bridgehead atoms. The maximum atomic E-state index is 10.0. The van der Waals surface area contributed by atoms with E-state index in [0.717, 1.165) is 22.1 Å². The third-order valence-corrected chi connectivity index (χ3v) is 3.96. The van der Waals surface area contributed by atoms with Crippen molar-refractivity contribution < 1.29 is 5.11 Å². The highest BCUT2D eigenvalue weighted by atomic mass is 16.3. The van der Waals surface area contributed by atoms with Gasteiger partial charge in [0.2, 0.25) is 0 Å². The van der Waals surface area contributed by atoms with Crippen LogP contribution >= 0.6 is 0 Å². The van der Waals surface area contributed by atoms with Crippen molar-refractivity contribution in [2.24, 2.45) is 0 Å². The summed E-state index contributed by atoms with van der Waals surface area (Å²) in [5.74, 6) is 0.305. The molecule has 0 aliphatic heterocycles. The van der Waals surface area contributed by atoms with Crippen LogP contribution in [-0.2, 0) is 0 Å². The highest BCUT2D eigenvalue weighted by Crippen LogP contribution is 2.34. The maximum absolute atomic E-state index is 10.0. The Hall–Kier alpha value is -3.00. The highest BCUT2D eigenvalue weighted by molar-refractivity contribution is 6.02. The highest BCUT2D eigenvalue weighted by Gasteiger charge is 2.06. The van der Waals surface area contributed by atoms with E-state index in [9.17, 15) is 5.11 Å². The standard InChI is InChI=1S/C20H15NO/c22-20-13-12-19(16-9-3-4-10-17(16)20)21-18-11-5-7-14-6-1-2-8-15(14)18/h1-13,21-22H. The van der Waals surface area contributed by atoms with E-state index >= 15 is 0 Å². The van der Waals surface area contributed by atoms with Gasteiger partial charge >= 0.3 is 0 Å². The third-order valence-electron chi connectivity index (χ3n) is 3.96. The molecule has 106 valence electrons. The molecule has 4 aromatic carbocycles. The normalized spacial score (nSPS) is 10.9. The Kier molecular flexibility index (Phi) is 2.94. The summed E-state index contributed by atoms with van der Waals surface area (Å²) < 4.78 is 0. The zero-order valence-corrected chi connectivity index (χ0v) is 12.0. The molecule has 2 N–H and O–H groups in total. The van der Waals surface area contributed by atoms with Gasteiger partial charge in [0.15, 0.2) is 0 Å². The Bertz CT molecular complexity index is 970. The Labute approximate surface area is 128 Å². The molecule has 0 saturated carbocycles. The number of fused-ring (bicyclic) bond motifs is 2. The van der Waals surface area contributed by atoms with E-state index in [2.05, 4.69) is 29.6 Å². The average Bonchev–Trinajstić information content (AvgIpc) is 2.58. The minimum atomic E-state index is 0.305. The van der Waals surface area contributed by atoms with Gasteiger partial charge in [-0.2, -0.15) is 0 Å². The molecule has 4 rings (SSSR count). The van der Waals surface area contributed by atoms with Crippen molar-refractivity contribution >= 4 is 32.9 Å². The molecule has 0 aromatic heterocycles. The summed E-state index contributed by atoms with van der Waals surface area (Å²) in [6.07, 6.45) is 0. The van der Waals surface area contributed by atoms with Crippen LogP contribution in [0, 0.1) is 0 Å². The molecular weight excluding hydrogens is 270 g/mol. The van der Waals surface area contributed by atoms with Crippen LogP contribution < -0.4 is 5.32 Å². The molecule has 0 atom stereocenters. The molecule has 0 amide bonds. The summed E-state index contributed by atoms with van der Waals surface area (Å²) in [6.45, 7) is 0. The van der Waals surface area contributed by atoms with Gasteiger partial charge in [-0.1, -0.05) is 60.7 Å². The fourth-order valence-electron chi connectivity index (χ4n) is 2.87.